The third-order valence-corrected chi connectivity index (χ3v) is 2.75. The van der Waals surface area contributed by atoms with Crippen molar-refractivity contribution < 1.29 is 0 Å². The van der Waals surface area contributed by atoms with Gasteiger partial charge in [-0.1, -0.05) is 20.8 Å². The molecule has 70 valence electrons. The summed E-state index contributed by atoms with van der Waals surface area (Å²) in [6, 6.07) is 0. The molecule has 0 saturated heterocycles. The molecule has 0 N–H and O–H groups in total. The van der Waals surface area contributed by atoms with Crippen LogP contribution in [-0.4, -0.2) is 5.38 Å². The Bertz CT molecular complexity index is 166. The van der Waals surface area contributed by atoms with E-state index in [0.29, 0.717) is 0 Å². The summed E-state index contributed by atoms with van der Waals surface area (Å²) in [5, 5.41) is 0.274. The first-order valence-electron chi connectivity index (χ1n) is 4.52. The van der Waals surface area contributed by atoms with E-state index < -0.39 is 0 Å². The first-order chi connectivity index (χ1) is 5.48. The summed E-state index contributed by atoms with van der Waals surface area (Å²) in [4.78, 5) is 0. The second kappa shape index (κ2) is 5.49. The van der Waals surface area contributed by atoms with Crippen molar-refractivity contribution in [2.45, 2.75) is 52.3 Å². The molecular weight excluding hydrogens is 168 g/mol. The molecule has 12 heavy (non-hydrogen) atoms. The molecule has 0 radical (unpaired) electrons. The van der Waals surface area contributed by atoms with Crippen LogP contribution in [0.4, 0.5) is 0 Å². The Morgan fingerprint density at radius 3 is 2.33 bits per heavy atom. The quantitative estimate of drug-likeness (QED) is 0.357. The van der Waals surface area contributed by atoms with Crippen LogP contribution in [-0.2, 0) is 0 Å². The highest BCUT2D eigenvalue weighted by Gasteiger charge is 2.20. The van der Waals surface area contributed by atoms with Crippen LogP contribution in [0.3, 0.4) is 0 Å². The van der Waals surface area contributed by atoms with Gasteiger partial charge in [0.1, 0.15) is 0 Å². The van der Waals surface area contributed by atoms with Crippen LogP contribution in [0.5, 0.6) is 0 Å². The van der Waals surface area contributed by atoms with Gasteiger partial charge in [-0.05, 0) is 25.2 Å². The molecule has 0 aromatic rings. The van der Waals surface area contributed by atoms with Gasteiger partial charge < -0.3 is 0 Å². The van der Waals surface area contributed by atoms with Crippen LogP contribution in [0, 0.1) is 17.3 Å². The summed E-state index contributed by atoms with van der Waals surface area (Å²) in [6.45, 7) is 8.41. The van der Waals surface area contributed by atoms with Crippen LogP contribution in [0.25, 0.3) is 0 Å². The molecule has 0 heterocycles. The Morgan fingerprint density at radius 1 is 1.33 bits per heavy atom. The summed E-state index contributed by atoms with van der Waals surface area (Å²) in [5.74, 6) is 5.93. The van der Waals surface area contributed by atoms with Crippen molar-refractivity contribution in [3.05, 3.63) is 0 Å². The monoisotopic (exact) mass is 186 g/mol. The SMILES string of the molecule is CC#CCCCC(Cl)C(C)(C)C. The number of rotatable bonds is 3. The predicted molar refractivity (Wildman–Crippen MR) is 56.4 cm³/mol. The van der Waals surface area contributed by atoms with Crippen molar-refractivity contribution in [3.8, 4) is 11.8 Å². The zero-order valence-corrected chi connectivity index (χ0v) is 9.33. The molecule has 0 aliphatic carbocycles. The van der Waals surface area contributed by atoms with Crippen molar-refractivity contribution in [2.24, 2.45) is 5.41 Å². The third-order valence-electron chi connectivity index (χ3n) is 1.88. The molecule has 0 fully saturated rings. The molecule has 0 aliphatic heterocycles. The maximum Gasteiger partial charge on any atom is 0.0384 e. The summed E-state index contributed by atoms with van der Waals surface area (Å²) in [6.07, 6.45) is 3.17. The normalized spacial score (nSPS) is 13.4. The maximum atomic E-state index is 6.19. The zero-order chi connectivity index (χ0) is 9.61. The lowest BCUT2D eigenvalue weighted by Crippen LogP contribution is -2.20. The van der Waals surface area contributed by atoms with Gasteiger partial charge in [0, 0.05) is 11.8 Å². The van der Waals surface area contributed by atoms with E-state index in [1.54, 1.807) is 0 Å². The van der Waals surface area contributed by atoms with Gasteiger partial charge in [-0.15, -0.1) is 23.4 Å². The van der Waals surface area contributed by atoms with Crippen molar-refractivity contribution in [3.63, 3.8) is 0 Å². The largest absolute Gasteiger partial charge is 0.122 e. The summed E-state index contributed by atoms with van der Waals surface area (Å²) >= 11 is 6.19. The highest BCUT2D eigenvalue weighted by molar-refractivity contribution is 6.21. The van der Waals surface area contributed by atoms with E-state index in [2.05, 4.69) is 32.6 Å². The molecule has 0 nitrogen and oxygen atoms in total. The van der Waals surface area contributed by atoms with Gasteiger partial charge in [-0.3, -0.25) is 0 Å². The van der Waals surface area contributed by atoms with Gasteiger partial charge in [0.2, 0.25) is 0 Å². The summed E-state index contributed by atoms with van der Waals surface area (Å²) in [7, 11) is 0. The minimum Gasteiger partial charge on any atom is -0.122 e. The third kappa shape index (κ3) is 5.49. The maximum absolute atomic E-state index is 6.19. The van der Waals surface area contributed by atoms with Crippen LogP contribution in [0.15, 0.2) is 0 Å². The van der Waals surface area contributed by atoms with E-state index in [-0.39, 0.29) is 10.8 Å². The van der Waals surface area contributed by atoms with E-state index in [1.807, 2.05) is 6.92 Å². The standard InChI is InChI=1S/C11H19Cl/c1-5-6-7-8-9-10(12)11(2,3)4/h10H,7-9H2,1-4H3. The van der Waals surface area contributed by atoms with E-state index >= 15 is 0 Å². The molecule has 1 heteroatoms. The van der Waals surface area contributed by atoms with Crippen LogP contribution in [0.2, 0.25) is 0 Å². The number of unbranched alkanes of at least 4 members (excludes halogenated alkanes) is 1. The lowest BCUT2D eigenvalue weighted by atomic mass is 9.89. The lowest BCUT2D eigenvalue weighted by molar-refractivity contribution is 0.370. The molecule has 0 amide bonds. The highest BCUT2D eigenvalue weighted by atomic mass is 35.5. The first-order valence-corrected chi connectivity index (χ1v) is 4.96. The van der Waals surface area contributed by atoms with Crippen molar-refractivity contribution >= 4 is 11.6 Å². The van der Waals surface area contributed by atoms with Gasteiger partial charge in [-0.2, -0.15) is 0 Å². The van der Waals surface area contributed by atoms with Crippen molar-refractivity contribution in [1.29, 1.82) is 0 Å². The molecule has 1 atom stereocenters. The fourth-order valence-electron chi connectivity index (χ4n) is 0.928. The Kier molecular flexibility index (Phi) is 5.42. The summed E-state index contributed by atoms with van der Waals surface area (Å²) < 4.78 is 0. The van der Waals surface area contributed by atoms with Crippen molar-refractivity contribution in [2.75, 3.05) is 0 Å². The average molecular weight is 187 g/mol. The molecule has 0 saturated carbocycles. The second-order valence-electron chi connectivity index (χ2n) is 4.15. The van der Waals surface area contributed by atoms with Gasteiger partial charge in [0.25, 0.3) is 0 Å². The van der Waals surface area contributed by atoms with Crippen LogP contribution >= 0.6 is 11.6 Å². The zero-order valence-electron chi connectivity index (χ0n) is 8.58. The molecule has 1 unspecified atom stereocenters. The topological polar surface area (TPSA) is 0 Å². The minimum atomic E-state index is 0.223. The Balaban J connectivity index is 3.55. The van der Waals surface area contributed by atoms with E-state index in [9.17, 15) is 0 Å². The highest BCUT2D eigenvalue weighted by Crippen LogP contribution is 2.28. The van der Waals surface area contributed by atoms with Crippen molar-refractivity contribution in [1.82, 2.24) is 0 Å². The van der Waals surface area contributed by atoms with E-state index in [1.165, 1.54) is 0 Å². The Morgan fingerprint density at radius 2 is 1.92 bits per heavy atom. The molecule has 0 spiro atoms. The first kappa shape index (κ1) is 11.8. The predicted octanol–water partition coefficient (Wildman–Crippen LogP) is 3.83. The van der Waals surface area contributed by atoms with Crippen LogP contribution < -0.4 is 0 Å². The Labute approximate surface area is 81.7 Å². The fraction of sp³-hybridized carbons (Fsp3) is 0.818. The average Bonchev–Trinajstić information content (AvgIpc) is 1.96. The molecule has 0 aromatic carbocycles. The molecule has 0 rings (SSSR count). The number of halogens is 1. The number of hydrogen-bond donors (Lipinski definition) is 0. The minimum absolute atomic E-state index is 0.223. The van der Waals surface area contributed by atoms with Gasteiger partial charge in [0.05, 0.1) is 0 Å². The second-order valence-corrected chi connectivity index (χ2v) is 4.68. The van der Waals surface area contributed by atoms with E-state index in [4.69, 9.17) is 11.6 Å². The Hall–Kier alpha value is -0.150. The number of hydrogen-bond acceptors (Lipinski definition) is 0. The van der Waals surface area contributed by atoms with Gasteiger partial charge in [0.15, 0.2) is 0 Å². The fourth-order valence-corrected chi connectivity index (χ4v) is 1.08. The smallest absolute Gasteiger partial charge is 0.0384 e. The number of alkyl halides is 1. The molecule has 0 bridgehead atoms. The van der Waals surface area contributed by atoms with E-state index in [0.717, 1.165) is 19.3 Å². The van der Waals surface area contributed by atoms with Gasteiger partial charge >= 0.3 is 0 Å². The lowest BCUT2D eigenvalue weighted by Gasteiger charge is -2.24. The molecule has 0 aromatic heterocycles. The van der Waals surface area contributed by atoms with Crippen LogP contribution in [0.1, 0.15) is 47.0 Å². The summed E-state index contributed by atoms with van der Waals surface area (Å²) in [5.41, 5.74) is 0.223. The molecule has 0 aliphatic rings. The van der Waals surface area contributed by atoms with Gasteiger partial charge in [-0.25, -0.2) is 0 Å². The molecular formula is C11H19Cl.